The first-order valence-electron chi connectivity index (χ1n) is 8.12. The Hall–Kier alpha value is -1.13. The number of halogens is 1. The maximum Gasteiger partial charge on any atom is 0.146 e. The molecule has 4 heteroatoms. The van der Waals surface area contributed by atoms with Gasteiger partial charge >= 0.3 is 0 Å². The summed E-state index contributed by atoms with van der Waals surface area (Å²) in [5.74, 6) is 0.552. The van der Waals surface area contributed by atoms with Crippen molar-refractivity contribution in [2.24, 2.45) is 11.7 Å². The van der Waals surface area contributed by atoms with Crippen LogP contribution in [-0.4, -0.2) is 43.2 Å². The molecule has 1 heterocycles. The molecule has 0 aromatic heterocycles. The van der Waals surface area contributed by atoms with Gasteiger partial charge in [-0.05, 0) is 30.9 Å². The van der Waals surface area contributed by atoms with E-state index in [0.29, 0.717) is 5.92 Å². The lowest BCUT2D eigenvalue weighted by molar-refractivity contribution is 0.0581. The van der Waals surface area contributed by atoms with E-state index in [1.54, 1.807) is 12.1 Å². The summed E-state index contributed by atoms with van der Waals surface area (Å²) in [7, 11) is 0. The van der Waals surface area contributed by atoms with Crippen LogP contribution in [0.5, 0.6) is 0 Å². The normalized spacial score (nSPS) is 30.8. The fourth-order valence-corrected chi connectivity index (χ4v) is 4.23. The van der Waals surface area contributed by atoms with Crippen molar-refractivity contribution >= 4 is 5.69 Å². The van der Waals surface area contributed by atoms with Crippen LogP contribution in [0.25, 0.3) is 0 Å². The molecular formula is C17H26FN3. The molecule has 0 spiro atoms. The summed E-state index contributed by atoms with van der Waals surface area (Å²) in [6.45, 7) is 6.81. The van der Waals surface area contributed by atoms with Crippen molar-refractivity contribution in [3.63, 3.8) is 0 Å². The van der Waals surface area contributed by atoms with E-state index < -0.39 is 0 Å². The summed E-state index contributed by atoms with van der Waals surface area (Å²) >= 11 is 0. The summed E-state index contributed by atoms with van der Waals surface area (Å²) in [5.41, 5.74) is 7.06. The van der Waals surface area contributed by atoms with E-state index in [-0.39, 0.29) is 11.4 Å². The maximum atomic E-state index is 13.9. The number of hydrogen-bond acceptors (Lipinski definition) is 3. The van der Waals surface area contributed by atoms with Gasteiger partial charge in [0.25, 0.3) is 0 Å². The number of hydrogen-bond donors (Lipinski definition) is 1. The molecule has 3 nitrogen and oxygen atoms in total. The van der Waals surface area contributed by atoms with Crippen LogP contribution < -0.4 is 10.6 Å². The highest BCUT2D eigenvalue weighted by Crippen LogP contribution is 2.40. The van der Waals surface area contributed by atoms with E-state index in [1.165, 1.54) is 19.3 Å². The summed E-state index contributed by atoms with van der Waals surface area (Å²) in [6.07, 6.45) is 3.78. The number of benzene rings is 1. The lowest BCUT2D eigenvalue weighted by Gasteiger charge is -2.48. The summed E-state index contributed by atoms with van der Waals surface area (Å²) in [6, 6.07) is 7.08. The second-order valence-electron chi connectivity index (χ2n) is 6.53. The standard InChI is InChI=1S/C17H26FN3/c1-14-5-4-8-17(14,13-19)21-11-9-20(10-12-21)16-7-3-2-6-15(16)18/h2-3,6-7,14H,4-5,8-13,19H2,1H3. The topological polar surface area (TPSA) is 32.5 Å². The Bertz CT molecular complexity index is 485. The maximum absolute atomic E-state index is 13.9. The molecule has 1 aromatic rings. The minimum absolute atomic E-state index is 0.117. The second-order valence-corrected chi connectivity index (χ2v) is 6.53. The van der Waals surface area contributed by atoms with E-state index in [0.717, 1.165) is 38.4 Å². The number of nitrogens with zero attached hydrogens (tertiary/aromatic N) is 2. The number of para-hydroxylation sites is 1. The molecule has 1 aliphatic carbocycles. The third kappa shape index (κ3) is 2.55. The molecule has 0 bridgehead atoms. The average molecular weight is 291 g/mol. The van der Waals surface area contributed by atoms with Crippen LogP contribution in [-0.2, 0) is 0 Å². The van der Waals surface area contributed by atoms with Crippen LogP contribution in [0.15, 0.2) is 24.3 Å². The number of anilines is 1. The monoisotopic (exact) mass is 291 g/mol. The number of rotatable bonds is 3. The molecule has 1 saturated carbocycles. The molecule has 2 fully saturated rings. The van der Waals surface area contributed by atoms with Crippen molar-refractivity contribution < 1.29 is 4.39 Å². The van der Waals surface area contributed by atoms with E-state index in [2.05, 4.69) is 16.7 Å². The predicted molar refractivity (Wildman–Crippen MR) is 85.0 cm³/mol. The van der Waals surface area contributed by atoms with Gasteiger partial charge < -0.3 is 10.6 Å². The zero-order valence-electron chi connectivity index (χ0n) is 12.9. The minimum Gasteiger partial charge on any atom is -0.367 e. The third-order valence-corrected chi connectivity index (χ3v) is 5.62. The van der Waals surface area contributed by atoms with Crippen molar-refractivity contribution in [2.45, 2.75) is 31.7 Å². The van der Waals surface area contributed by atoms with Crippen LogP contribution in [0.2, 0.25) is 0 Å². The fourth-order valence-electron chi connectivity index (χ4n) is 4.23. The van der Waals surface area contributed by atoms with Crippen LogP contribution in [0.1, 0.15) is 26.2 Å². The molecule has 0 radical (unpaired) electrons. The first-order chi connectivity index (χ1) is 10.2. The van der Waals surface area contributed by atoms with Crippen molar-refractivity contribution in [3.05, 3.63) is 30.1 Å². The highest BCUT2D eigenvalue weighted by atomic mass is 19.1. The summed E-state index contributed by atoms with van der Waals surface area (Å²) in [4.78, 5) is 4.73. The molecule has 3 rings (SSSR count). The van der Waals surface area contributed by atoms with Crippen LogP contribution in [0.3, 0.4) is 0 Å². The van der Waals surface area contributed by atoms with E-state index in [9.17, 15) is 4.39 Å². The number of nitrogens with two attached hydrogens (primary N) is 1. The van der Waals surface area contributed by atoms with E-state index in [4.69, 9.17) is 5.73 Å². The van der Waals surface area contributed by atoms with Gasteiger partial charge in [-0.1, -0.05) is 25.5 Å². The van der Waals surface area contributed by atoms with Gasteiger partial charge in [-0.15, -0.1) is 0 Å². The molecule has 1 saturated heterocycles. The number of piperazine rings is 1. The zero-order valence-corrected chi connectivity index (χ0v) is 12.9. The Morgan fingerprint density at radius 2 is 1.95 bits per heavy atom. The van der Waals surface area contributed by atoms with Crippen molar-refractivity contribution in [1.82, 2.24) is 4.90 Å². The van der Waals surface area contributed by atoms with Crippen molar-refractivity contribution in [3.8, 4) is 0 Å². The molecule has 1 aliphatic heterocycles. The van der Waals surface area contributed by atoms with Crippen LogP contribution in [0.4, 0.5) is 10.1 Å². The first-order valence-corrected chi connectivity index (χ1v) is 8.12. The van der Waals surface area contributed by atoms with Gasteiger partial charge in [-0.25, -0.2) is 4.39 Å². The fraction of sp³-hybridized carbons (Fsp3) is 0.647. The lowest BCUT2D eigenvalue weighted by atomic mass is 9.85. The van der Waals surface area contributed by atoms with Gasteiger partial charge in [0.05, 0.1) is 5.69 Å². The summed E-state index contributed by atoms with van der Waals surface area (Å²) in [5, 5.41) is 0. The molecule has 0 amide bonds. The van der Waals surface area contributed by atoms with Gasteiger partial charge in [0.15, 0.2) is 0 Å². The Morgan fingerprint density at radius 1 is 1.24 bits per heavy atom. The third-order valence-electron chi connectivity index (χ3n) is 5.62. The molecule has 116 valence electrons. The second kappa shape index (κ2) is 5.93. The molecule has 2 atom stereocenters. The predicted octanol–water partition coefficient (Wildman–Crippen LogP) is 2.47. The smallest absolute Gasteiger partial charge is 0.146 e. The molecule has 2 unspecified atom stereocenters. The van der Waals surface area contributed by atoms with E-state index >= 15 is 0 Å². The van der Waals surface area contributed by atoms with Crippen LogP contribution in [0, 0.1) is 11.7 Å². The Balaban J connectivity index is 1.69. The minimum atomic E-state index is -0.117. The zero-order chi connectivity index (χ0) is 14.9. The van der Waals surface area contributed by atoms with Gasteiger partial charge in [0.2, 0.25) is 0 Å². The molecule has 21 heavy (non-hydrogen) atoms. The quantitative estimate of drug-likeness (QED) is 0.928. The van der Waals surface area contributed by atoms with Gasteiger partial charge in [0.1, 0.15) is 5.82 Å². The van der Waals surface area contributed by atoms with Crippen molar-refractivity contribution in [2.75, 3.05) is 37.6 Å². The SMILES string of the molecule is CC1CCCC1(CN)N1CCN(c2ccccc2F)CC1. The molecule has 2 N–H and O–H groups in total. The van der Waals surface area contributed by atoms with Crippen molar-refractivity contribution in [1.29, 1.82) is 0 Å². The highest BCUT2D eigenvalue weighted by molar-refractivity contribution is 5.48. The van der Waals surface area contributed by atoms with E-state index in [1.807, 2.05) is 12.1 Å². The van der Waals surface area contributed by atoms with Gasteiger partial charge in [-0.2, -0.15) is 0 Å². The Labute approximate surface area is 126 Å². The van der Waals surface area contributed by atoms with Gasteiger partial charge in [-0.3, -0.25) is 4.90 Å². The van der Waals surface area contributed by atoms with Gasteiger partial charge in [0, 0.05) is 38.3 Å². The molecule has 1 aromatic carbocycles. The lowest BCUT2D eigenvalue weighted by Crippen LogP contribution is -2.61. The largest absolute Gasteiger partial charge is 0.367 e. The average Bonchev–Trinajstić information content (AvgIpc) is 2.90. The Kier molecular flexibility index (Phi) is 4.18. The molecular weight excluding hydrogens is 265 g/mol. The van der Waals surface area contributed by atoms with Crippen LogP contribution >= 0.6 is 0 Å². The Morgan fingerprint density at radius 3 is 2.52 bits per heavy atom. The summed E-state index contributed by atoms with van der Waals surface area (Å²) < 4.78 is 13.9. The highest BCUT2D eigenvalue weighted by Gasteiger charge is 2.44. The molecule has 2 aliphatic rings. The first kappa shape index (κ1) is 14.8.